The summed E-state index contributed by atoms with van der Waals surface area (Å²) in [6.07, 6.45) is 2.92. The predicted molar refractivity (Wildman–Crippen MR) is 82.7 cm³/mol. The second kappa shape index (κ2) is 7.18. The van der Waals surface area contributed by atoms with Crippen LogP contribution in [0.15, 0.2) is 12.1 Å². The van der Waals surface area contributed by atoms with Gasteiger partial charge in [0.2, 0.25) is 0 Å². The Morgan fingerprint density at radius 3 is 2.33 bits per heavy atom. The summed E-state index contributed by atoms with van der Waals surface area (Å²) >= 11 is 0. The molecule has 5 heteroatoms. The number of nitrogens with two attached hydrogens (primary N) is 1. The van der Waals surface area contributed by atoms with E-state index >= 15 is 0 Å². The van der Waals surface area contributed by atoms with Gasteiger partial charge in [-0.2, -0.15) is 0 Å². The SMILES string of the molecule is CC(N)Cc1cc(F)c(N(C)CCN2CCCC2)c(F)c1. The van der Waals surface area contributed by atoms with Crippen LogP contribution >= 0.6 is 0 Å². The smallest absolute Gasteiger partial charge is 0.149 e. The van der Waals surface area contributed by atoms with Gasteiger partial charge < -0.3 is 15.5 Å². The Kier molecular flexibility index (Phi) is 5.53. The molecule has 0 spiro atoms. The van der Waals surface area contributed by atoms with Crippen molar-refractivity contribution in [2.45, 2.75) is 32.2 Å². The van der Waals surface area contributed by atoms with Crippen LogP contribution in [0.1, 0.15) is 25.3 Å². The first-order valence-corrected chi connectivity index (χ1v) is 7.64. The molecule has 0 aromatic heterocycles. The molecule has 3 nitrogen and oxygen atoms in total. The molecule has 1 saturated heterocycles. The number of likely N-dealkylation sites (N-methyl/N-ethyl adjacent to an activating group) is 1. The lowest BCUT2D eigenvalue weighted by molar-refractivity contribution is 0.346. The Morgan fingerprint density at radius 1 is 1.24 bits per heavy atom. The number of nitrogens with zero attached hydrogens (tertiary/aromatic N) is 2. The third kappa shape index (κ3) is 4.38. The first-order valence-electron chi connectivity index (χ1n) is 7.64. The lowest BCUT2D eigenvalue weighted by Gasteiger charge is -2.24. The molecule has 118 valence electrons. The normalized spacial score (nSPS) is 17.2. The van der Waals surface area contributed by atoms with Crippen LogP contribution in [0, 0.1) is 11.6 Å². The highest BCUT2D eigenvalue weighted by atomic mass is 19.1. The lowest BCUT2D eigenvalue weighted by atomic mass is 10.1. The molecule has 1 heterocycles. The molecule has 0 amide bonds. The molecule has 2 rings (SSSR count). The third-order valence-corrected chi connectivity index (χ3v) is 3.97. The zero-order valence-corrected chi connectivity index (χ0v) is 12.9. The summed E-state index contributed by atoms with van der Waals surface area (Å²) in [6.45, 7) is 5.47. The maximum absolute atomic E-state index is 14.2. The fraction of sp³-hybridized carbons (Fsp3) is 0.625. The van der Waals surface area contributed by atoms with Crippen molar-refractivity contribution in [3.8, 4) is 0 Å². The summed E-state index contributed by atoms with van der Waals surface area (Å²) in [5.74, 6) is -1.01. The average Bonchev–Trinajstić information content (AvgIpc) is 2.87. The summed E-state index contributed by atoms with van der Waals surface area (Å²) in [7, 11) is 1.74. The van der Waals surface area contributed by atoms with Gasteiger partial charge in [0, 0.05) is 26.2 Å². The van der Waals surface area contributed by atoms with Crippen LogP contribution in [-0.2, 0) is 6.42 Å². The Labute approximate surface area is 125 Å². The van der Waals surface area contributed by atoms with Crippen molar-refractivity contribution in [1.82, 2.24) is 4.90 Å². The predicted octanol–water partition coefficient (Wildman–Crippen LogP) is 2.39. The van der Waals surface area contributed by atoms with Crippen LogP contribution in [0.4, 0.5) is 14.5 Å². The molecule has 1 aliphatic heterocycles. The summed E-state index contributed by atoms with van der Waals surface area (Å²) in [6, 6.07) is 2.69. The van der Waals surface area contributed by atoms with Gasteiger partial charge in [0.05, 0.1) is 0 Å². The second-order valence-electron chi connectivity index (χ2n) is 6.06. The summed E-state index contributed by atoms with van der Waals surface area (Å²) in [4.78, 5) is 4.00. The van der Waals surface area contributed by atoms with Crippen LogP contribution in [-0.4, -0.2) is 44.2 Å². The molecule has 1 atom stereocenters. The van der Waals surface area contributed by atoms with Crippen molar-refractivity contribution in [3.63, 3.8) is 0 Å². The molecule has 0 aliphatic carbocycles. The van der Waals surface area contributed by atoms with Crippen LogP contribution < -0.4 is 10.6 Å². The number of likely N-dealkylation sites (tertiary alicyclic amines) is 1. The molecule has 1 aromatic carbocycles. The Bertz CT molecular complexity index is 448. The first-order chi connectivity index (χ1) is 9.97. The summed E-state index contributed by atoms with van der Waals surface area (Å²) in [5, 5.41) is 0. The largest absolute Gasteiger partial charge is 0.369 e. The standard InChI is InChI=1S/C16H25F2N3/c1-12(19)9-13-10-14(17)16(15(18)11-13)20(2)7-8-21-5-3-4-6-21/h10-12H,3-9,19H2,1-2H3. The van der Waals surface area contributed by atoms with E-state index in [0.717, 1.165) is 19.6 Å². The number of hydrogen-bond acceptors (Lipinski definition) is 3. The number of anilines is 1. The lowest BCUT2D eigenvalue weighted by Crippen LogP contribution is -2.32. The second-order valence-corrected chi connectivity index (χ2v) is 6.06. The van der Waals surface area contributed by atoms with Gasteiger partial charge in [-0.05, 0) is 57.0 Å². The van der Waals surface area contributed by atoms with E-state index in [2.05, 4.69) is 4.90 Å². The van der Waals surface area contributed by atoms with Crippen molar-refractivity contribution in [2.75, 3.05) is 38.1 Å². The molecular formula is C16H25F2N3. The minimum atomic E-state index is -0.505. The summed E-state index contributed by atoms with van der Waals surface area (Å²) < 4.78 is 28.4. The van der Waals surface area contributed by atoms with E-state index in [1.165, 1.54) is 25.0 Å². The molecule has 0 saturated carbocycles. The number of benzene rings is 1. The minimum Gasteiger partial charge on any atom is -0.369 e. The van der Waals surface area contributed by atoms with Crippen molar-refractivity contribution >= 4 is 5.69 Å². The Hall–Kier alpha value is -1.20. The maximum atomic E-state index is 14.2. The van der Waals surface area contributed by atoms with Crippen molar-refractivity contribution in [2.24, 2.45) is 5.73 Å². The fourth-order valence-corrected chi connectivity index (χ4v) is 2.88. The molecule has 2 N–H and O–H groups in total. The molecule has 1 fully saturated rings. The number of halogens is 2. The molecule has 0 bridgehead atoms. The van der Waals surface area contributed by atoms with Gasteiger partial charge in [0.25, 0.3) is 0 Å². The first kappa shape index (κ1) is 16.2. The zero-order valence-electron chi connectivity index (χ0n) is 12.9. The van der Waals surface area contributed by atoms with Gasteiger partial charge in [-0.15, -0.1) is 0 Å². The van der Waals surface area contributed by atoms with Crippen molar-refractivity contribution in [3.05, 3.63) is 29.3 Å². The molecule has 1 aliphatic rings. The average molecular weight is 297 g/mol. The van der Waals surface area contributed by atoms with Gasteiger partial charge >= 0.3 is 0 Å². The number of hydrogen-bond donors (Lipinski definition) is 1. The van der Waals surface area contributed by atoms with E-state index in [1.54, 1.807) is 11.9 Å². The van der Waals surface area contributed by atoms with E-state index in [0.29, 0.717) is 18.5 Å². The van der Waals surface area contributed by atoms with E-state index in [4.69, 9.17) is 5.73 Å². The van der Waals surface area contributed by atoms with E-state index in [9.17, 15) is 8.78 Å². The maximum Gasteiger partial charge on any atom is 0.149 e. The monoisotopic (exact) mass is 297 g/mol. The molecule has 0 radical (unpaired) electrons. The fourth-order valence-electron chi connectivity index (χ4n) is 2.88. The van der Waals surface area contributed by atoms with Crippen molar-refractivity contribution < 1.29 is 8.78 Å². The van der Waals surface area contributed by atoms with E-state index in [-0.39, 0.29) is 11.7 Å². The molecule has 21 heavy (non-hydrogen) atoms. The Balaban J connectivity index is 2.03. The quantitative estimate of drug-likeness (QED) is 0.875. The minimum absolute atomic E-state index is 0.0580. The van der Waals surface area contributed by atoms with Gasteiger partial charge in [-0.25, -0.2) is 8.78 Å². The Morgan fingerprint density at radius 2 is 1.81 bits per heavy atom. The van der Waals surface area contributed by atoms with E-state index in [1.807, 2.05) is 6.92 Å². The highest BCUT2D eigenvalue weighted by molar-refractivity contribution is 5.50. The van der Waals surface area contributed by atoms with Gasteiger partial charge in [0.15, 0.2) is 0 Å². The van der Waals surface area contributed by atoms with Crippen molar-refractivity contribution in [1.29, 1.82) is 0 Å². The number of rotatable bonds is 6. The molecule has 1 aromatic rings. The van der Waals surface area contributed by atoms with Gasteiger partial charge in [-0.3, -0.25) is 0 Å². The molecule has 1 unspecified atom stereocenters. The van der Waals surface area contributed by atoms with Crippen LogP contribution in [0.3, 0.4) is 0 Å². The van der Waals surface area contributed by atoms with Crippen LogP contribution in [0.25, 0.3) is 0 Å². The van der Waals surface area contributed by atoms with E-state index < -0.39 is 11.6 Å². The molecular weight excluding hydrogens is 272 g/mol. The highest BCUT2D eigenvalue weighted by Gasteiger charge is 2.17. The van der Waals surface area contributed by atoms with Crippen LogP contribution in [0.5, 0.6) is 0 Å². The summed E-state index contributed by atoms with van der Waals surface area (Å²) in [5.41, 5.74) is 6.35. The third-order valence-electron chi connectivity index (χ3n) is 3.97. The highest BCUT2D eigenvalue weighted by Crippen LogP contribution is 2.24. The topological polar surface area (TPSA) is 32.5 Å². The van der Waals surface area contributed by atoms with Crippen LogP contribution in [0.2, 0.25) is 0 Å². The van der Waals surface area contributed by atoms with Gasteiger partial charge in [0.1, 0.15) is 17.3 Å². The zero-order chi connectivity index (χ0) is 15.4. The van der Waals surface area contributed by atoms with Gasteiger partial charge in [-0.1, -0.05) is 0 Å².